The topological polar surface area (TPSA) is 84.4 Å². The molecule has 0 radical (unpaired) electrons. The number of nitrogens with one attached hydrogen (secondary N) is 1. The number of benzene rings is 1. The van der Waals surface area contributed by atoms with Gasteiger partial charge in [0.2, 0.25) is 0 Å². The van der Waals surface area contributed by atoms with Gasteiger partial charge >= 0.3 is 0 Å². The molecule has 0 heterocycles. The largest absolute Gasteiger partial charge is 0.393 e. The Labute approximate surface area is 112 Å². The molecule has 0 bridgehead atoms. The van der Waals surface area contributed by atoms with Crippen molar-refractivity contribution >= 4 is 17.1 Å². The van der Waals surface area contributed by atoms with Gasteiger partial charge in [-0.15, -0.1) is 0 Å². The van der Waals surface area contributed by atoms with Gasteiger partial charge in [0, 0.05) is 30.4 Å². The number of hydrogen-bond acceptors (Lipinski definition) is 5. The van der Waals surface area contributed by atoms with E-state index in [1.165, 1.54) is 18.9 Å². The lowest BCUT2D eigenvalue weighted by Gasteiger charge is -2.25. The highest BCUT2D eigenvalue weighted by Gasteiger charge is 2.28. The molecular weight excluding hydrogens is 244 g/mol. The van der Waals surface area contributed by atoms with E-state index >= 15 is 0 Å². The molecule has 1 aliphatic rings. The van der Waals surface area contributed by atoms with Crippen molar-refractivity contribution in [1.82, 2.24) is 4.90 Å². The Morgan fingerprint density at radius 3 is 2.79 bits per heavy atom. The molecule has 104 valence electrons. The fraction of sp³-hybridized carbons (Fsp3) is 0.538. The van der Waals surface area contributed by atoms with E-state index in [-0.39, 0.29) is 11.4 Å². The summed E-state index contributed by atoms with van der Waals surface area (Å²) in [5.41, 5.74) is 6.62. The second-order valence-corrected chi connectivity index (χ2v) is 5.16. The highest BCUT2D eigenvalue weighted by molar-refractivity contribution is 5.65. The van der Waals surface area contributed by atoms with Gasteiger partial charge in [0.25, 0.3) is 5.69 Å². The Hall–Kier alpha value is -1.82. The number of nitrogens with two attached hydrogens (primary N) is 1. The summed E-state index contributed by atoms with van der Waals surface area (Å²) in [6, 6.07) is 5.88. The fourth-order valence-electron chi connectivity index (χ4n) is 2.08. The second kappa shape index (κ2) is 5.44. The van der Waals surface area contributed by atoms with Gasteiger partial charge in [-0.2, -0.15) is 0 Å². The molecule has 19 heavy (non-hydrogen) atoms. The van der Waals surface area contributed by atoms with Crippen molar-refractivity contribution in [2.24, 2.45) is 0 Å². The van der Waals surface area contributed by atoms with Crippen LogP contribution in [0, 0.1) is 10.1 Å². The van der Waals surface area contributed by atoms with Gasteiger partial charge in [-0.05, 0) is 38.9 Å². The molecule has 3 N–H and O–H groups in total. The van der Waals surface area contributed by atoms with E-state index in [1.807, 2.05) is 0 Å². The Morgan fingerprint density at radius 2 is 2.26 bits per heavy atom. The van der Waals surface area contributed by atoms with Gasteiger partial charge in [0.1, 0.15) is 5.69 Å². The molecule has 1 aromatic carbocycles. The Bertz CT molecular complexity index is 474. The number of nitrogens with zero attached hydrogens (tertiary/aromatic N) is 2. The summed E-state index contributed by atoms with van der Waals surface area (Å²) in [4.78, 5) is 12.6. The third-order valence-corrected chi connectivity index (χ3v) is 3.64. The minimum Gasteiger partial charge on any atom is -0.393 e. The summed E-state index contributed by atoms with van der Waals surface area (Å²) in [6.07, 6.45) is 2.57. The average Bonchev–Trinajstić information content (AvgIpc) is 3.18. The number of nitro benzene ring substituents is 1. The molecule has 0 aromatic heterocycles. The third-order valence-electron chi connectivity index (χ3n) is 3.64. The fourth-order valence-corrected chi connectivity index (χ4v) is 2.08. The zero-order chi connectivity index (χ0) is 14.0. The van der Waals surface area contributed by atoms with Crippen LogP contribution in [0.2, 0.25) is 0 Å². The summed E-state index contributed by atoms with van der Waals surface area (Å²) in [5.74, 6) is 0. The molecule has 1 atom stereocenters. The van der Waals surface area contributed by atoms with Gasteiger partial charge < -0.3 is 11.1 Å². The first-order valence-corrected chi connectivity index (χ1v) is 6.48. The van der Waals surface area contributed by atoms with Crippen LogP contribution in [-0.2, 0) is 0 Å². The molecule has 1 unspecified atom stereocenters. The maximum absolute atomic E-state index is 10.7. The molecule has 6 heteroatoms. The van der Waals surface area contributed by atoms with Crippen LogP contribution >= 0.6 is 0 Å². The predicted molar refractivity (Wildman–Crippen MR) is 76.2 cm³/mol. The van der Waals surface area contributed by atoms with Gasteiger partial charge in [0.15, 0.2) is 0 Å². The standard InChI is InChI=1S/C13H20N4O2/c1-9(16(2)11-4-5-11)8-15-10-3-6-13(17(18)19)12(14)7-10/h3,6-7,9,11,15H,4-5,8,14H2,1-2H3. The molecule has 0 spiro atoms. The lowest BCUT2D eigenvalue weighted by Crippen LogP contribution is -2.36. The third kappa shape index (κ3) is 3.35. The van der Waals surface area contributed by atoms with E-state index < -0.39 is 4.92 Å². The molecular formula is C13H20N4O2. The minimum atomic E-state index is -0.470. The van der Waals surface area contributed by atoms with Crippen LogP contribution in [0.5, 0.6) is 0 Å². The maximum Gasteiger partial charge on any atom is 0.292 e. The van der Waals surface area contributed by atoms with E-state index in [0.717, 1.165) is 18.3 Å². The van der Waals surface area contributed by atoms with Gasteiger partial charge in [-0.1, -0.05) is 0 Å². The number of nitro groups is 1. The average molecular weight is 264 g/mol. The highest BCUT2D eigenvalue weighted by Crippen LogP contribution is 2.27. The molecule has 1 saturated carbocycles. The molecule has 6 nitrogen and oxygen atoms in total. The van der Waals surface area contributed by atoms with Crippen LogP contribution in [0.15, 0.2) is 18.2 Å². The van der Waals surface area contributed by atoms with Crippen LogP contribution in [0.1, 0.15) is 19.8 Å². The summed E-state index contributed by atoms with van der Waals surface area (Å²) >= 11 is 0. The molecule has 0 saturated heterocycles. The SMILES string of the molecule is CC(CNc1ccc([N+](=O)[O-])c(N)c1)N(C)C1CC1. The van der Waals surface area contributed by atoms with Crippen LogP contribution in [0.3, 0.4) is 0 Å². The number of rotatable bonds is 6. The van der Waals surface area contributed by atoms with Crippen molar-refractivity contribution in [3.8, 4) is 0 Å². The van der Waals surface area contributed by atoms with E-state index in [4.69, 9.17) is 5.73 Å². The lowest BCUT2D eigenvalue weighted by molar-refractivity contribution is -0.383. The Balaban J connectivity index is 1.92. The first-order chi connectivity index (χ1) is 8.99. The van der Waals surface area contributed by atoms with Gasteiger partial charge in [0.05, 0.1) is 4.92 Å². The summed E-state index contributed by atoms with van der Waals surface area (Å²) in [7, 11) is 2.13. The molecule has 1 fully saturated rings. The Morgan fingerprint density at radius 1 is 1.58 bits per heavy atom. The van der Waals surface area contributed by atoms with Gasteiger partial charge in [-0.3, -0.25) is 15.0 Å². The molecule has 1 aliphatic carbocycles. The van der Waals surface area contributed by atoms with Crippen molar-refractivity contribution in [3.63, 3.8) is 0 Å². The van der Waals surface area contributed by atoms with Crippen LogP contribution < -0.4 is 11.1 Å². The maximum atomic E-state index is 10.7. The normalized spacial score (nSPS) is 16.4. The van der Waals surface area contributed by atoms with Crippen molar-refractivity contribution in [2.75, 3.05) is 24.6 Å². The number of likely N-dealkylation sites (N-methyl/N-ethyl adjacent to an activating group) is 1. The second-order valence-electron chi connectivity index (χ2n) is 5.16. The smallest absolute Gasteiger partial charge is 0.292 e. The van der Waals surface area contributed by atoms with Crippen molar-refractivity contribution in [3.05, 3.63) is 28.3 Å². The summed E-state index contributed by atoms with van der Waals surface area (Å²) in [5, 5.41) is 13.9. The highest BCUT2D eigenvalue weighted by atomic mass is 16.6. The number of nitrogen functional groups attached to an aromatic ring is 1. The van der Waals surface area contributed by atoms with E-state index in [9.17, 15) is 10.1 Å². The lowest BCUT2D eigenvalue weighted by atomic mass is 10.2. The first kappa shape index (κ1) is 13.6. The molecule has 0 amide bonds. The van der Waals surface area contributed by atoms with E-state index in [2.05, 4.69) is 24.2 Å². The van der Waals surface area contributed by atoms with Gasteiger partial charge in [-0.25, -0.2) is 0 Å². The quantitative estimate of drug-likeness (QED) is 0.467. The van der Waals surface area contributed by atoms with Crippen molar-refractivity contribution < 1.29 is 4.92 Å². The van der Waals surface area contributed by atoms with Crippen LogP contribution in [-0.4, -0.2) is 35.5 Å². The molecule has 2 rings (SSSR count). The first-order valence-electron chi connectivity index (χ1n) is 6.48. The van der Waals surface area contributed by atoms with Crippen LogP contribution in [0.25, 0.3) is 0 Å². The van der Waals surface area contributed by atoms with Crippen LogP contribution in [0.4, 0.5) is 17.1 Å². The number of hydrogen-bond donors (Lipinski definition) is 2. The molecule has 1 aromatic rings. The molecule has 0 aliphatic heterocycles. The number of anilines is 2. The zero-order valence-electron chi connectivity index (χ0n) is 11.3. The van der Waals surface area contributed by atoms with Crippen molar-refractivity contribution in [2.45, 2.75) is 31.8 Å². The van der Waals surface area contributed by atoms with E-state index in [1.54, 1.807) is 12.1 Å². The minimum absolute atomic E-state index is 0.0475. The summed E-state index contributed by atoms with van der Waals surface area (Å²) in [6.45, 7) is 2.96. The monoisotopic (exact) mass is 264 g/mol. The van der Waals surface area contributed by atoms with E-state index in [0.29, 0.717) is 6.04 Å². The zero-order valence-corrected chi connectivity index (χ0v) is 11.3. The Kier molecular flexibility index (Phi) is 3.90. The van der Waals surface area contributed by atoms with Crippen molar-refractivity contribution in [1.29, 1.82) is 0 Å². The predicted octanol–water partition coefficient (Wildman–Crippen LogP) is 2.07. The summed E-state index contributed by atoms with van der Waals surface area (Å²) < 4.78 is 0.